The van der Waals surface area contributed by atoms with E-state index < -0.39 is 15.8 Å². The zero-order valence-electron chi connectivity index (χ0n) is 9.91. The van der Waals surface area contributed by atoms with Gasteiger partial charge in [-0.2, -0.15) is 0 Å². The molecule has 0 aliphatic rings. The van der Waals surface area contributed by atoms with Gasteiger partial charge in [-0.05, 0) is 6.07 Å². The van der Waals surface area contributed by atoms with Crippen molar-refractivity contribution >= 4 is 33.1 Å². The molecule has 0 bridgehead atoms. The van der Waals surface area contributed by atoms with Crippen molar-refractivity contribution in [1.82, 2.24) is 4.90 Å². The Labute approximate surface area is 109 Å². The van der Waals surface area contributed by atoms with Gasteiger partial charge < -0.3 is 10.0 Å². The predicted molar refractivity (Wildman–Crippen MR) is 66.6 cm³/mol. The molecule has 100 valence electrons. The topological polar surface area (TPSA) is 91.8 Å². The van der Waals surface area contributed by atoms with E-state index in [1.807, 2.05) is 0 Å². The van der Waals surface area contributed by atoms with Gasteiger partial charge in [0.2, 0.25) is 0 Å². The van der Waals surface area contributed by atoms with Gasteiger partial charge in [0.15, 0.2) is 9.84 Å². The Bertz CT molecular complexity index is 561. The molecule has 1 rings (SSSR count). The van der Waals surface area contributed by atoms with Crippen LogP contribution in [0.5, 0.6) is 0 Å². The van der Waals surface area contributed by atoms with Gasteiger partial charge in [-0.1, -0.05) is 0 Å². The van der Waals surface area contributed by atoms with Crippen molar-refractivity contribution in [3.8, 4) is 0 Å². The van der Waals surface area contributed by atoms with E-state index in [-0.39, 0.29) is 28.6 Å². The van der Waals surface area contributed by atoms with Crippen molar-refractivity contribution in [2.24, 2.45) is 0 Å². The molecule has 0 atom stereocenters. The highest BCUT2D eigenvalue weighted by atomic mass is 32.2. The molecule has 0 saturated heterocycles. The lowest BCUT2D eigenvalue weighted by molar-refractivity contribution is -0.137. The first kappa shape index (κ1) is 14.7. The summed E-state index contributed by atoms with van der Waals surface area (Å²) >= 11 is 0.975. The Hall–Kier alpha value is -1.41. The quantitative estimate of drug-likeness (QED) is 0.862. The van der Waals surface area contributed by atoms with Crippen LogP contribution in [0.3, 0.4) is 0 Å². The van der Waals surface area contributed by atoms with E-state index in [9.17, 15) is 18.0 Å². The van der Waals surface area contributed by atoms with Crippen molar-refractivity contribution < 1.29 is 23.1 Å². The molecule has 18 heavy (non-hydrogen) atoms. The van der Waals surface area contributed by atoms with Gasteiger partial charge in [0.1, 0.15) is 4.21 Å². The lowest BCUT2D eigenvalue weighted by atomic mass is 10.3. The maximum absolute atomic E-state index is 11.8. The Kier molecular flexibility index (Phi) is 4.47. The fourth-order valence-corrected chi connectivity index (χ4v) is 3.00. The summed E-state index contributed by atoms with van der Waals surface area (Å²) in [5.41, 5.74) is 0.258. The molecule has 0 saturated carbocycles. The summed E-state index contributed by atoms with van der Waals surface area (Å²) in [5.74, 6) is -1.38. The number of carbonyl (C=O) groups is 2. The summed E-state index contributed by atoms with van der Waals surface area (Å²) in [4.78, 5) is 23.5. The second-order valence-electron chi connectivity index (χ2n) is 3.80. The van der Waals surface area contributed by atoms with Crippen LogP contribution in [0, 0.1) is 0 Å². The van der Waals surface area contributed by atoms with Gasteiger partial charge in [0.05, 0.1) is 12.0 Å². The molecule has 1 heterocycles. The number of hydrogen-bond acceptors (Lipinski definition) is 5. The van der Waals surface area contributed by atoms with Crippen molar-refractivity contribution in [1.29, 1.82) is 0 Å². The first-order valence-corrected chi connectivity index (χ1v) is 7.75. The molecule has 0 unspecified atom stereocenters. The van der Waals surface area contributed by atoms with Gasteiger partial charge in [0.25, 0.3) is 5.91 Å². The van der Waals surface area contributed by atoms with Gasteiger partial charge in [0, 0.05) is 25.2 Å². The number of thiophene rings is 1. The largest absolute Gasteiger partial charge is 0.481 e. The average molecular weight is 291 g/mol. The molecule has 0 fully saturated rings. The summed E-state index contributed by atoms with van der Waals surface area (Å²) in [6, 6.07) is 1.31. The van der Waals surface area contributed by atoms with E-state index >= 15 is 0 Å². The number of rotatable bonds is 5. The van der Waals surface area contributed by atoms with Crippen LogP contribution in [0.4, 0.5) is 0 Å². The first-order valence-electron chi connectivity index (χ1n) is 4.97. The number of carbonyl (C=O) groups excluding carboxylic acids is 1. The molecular formula is C10H13NO5S2. The average Bonchev–Trinajstić information content (AvgIpc) is 2.73. The van der Waals surface area contributed by atoms with E-state index in [1.54, 1.807) is 0 Å². The molecule has 1 aromatic heterocycles. The van der Waals surface area contributed by atoms with Crippen LogP contribution in [-0.4, -0.2) is 50.1 Å². The van der Waals surface area contributed by atoms with E-state index in [1.165, 1.54) is 23.4 Å². The molecule has 0 spiro atoms. The number of amides is 1. The monoisotopic (exact) mass is 291 g/mol. The number of hydrogen-bond donors (Lipinski definition) is 1. The zero-order valence-corrected chi connectivity index (χ0v) is 11.5. The Morgan fingerprint density at radius 3 is 2.50 bits per heavy atom. The van der Waals surface area contributed by atoms with Crippen LogP contribution in [-0.2, 0) is 14.6 Å². The molecule has 8 heteroatoms. The summed E-state index contributed by atoms with van der Waals surface area (Å²) in [7, 11) is -1.84. The number of carboxylic acid groups (broad SMARTS) is 1. The molecule has 6 nitrogen and oxygen atoms in total. The van der Waals surface area contributed by atoms with E-state index in [0.717, 1.165) is 17.6 Å². The third-order valence-corrected chi connectivity index (χ3v) is 4.96. The molecular weight excluding hydrogens is 278 g/mol. The fourth-order valence-electron chi connectivity index (χ4n) is 1.21. The van der Waals surface area contributed by atoms with E-state index in [2.05, 4.69) is 0 Å². The number of carboxylic acids is 1. The second-order valence-corrected chi connectivity index (χ2v) is 6.95. The van der Waals surface area contributed by atoms with E-state index in [4.69, 9.17) is 5.11 Å². The summed E-state index contributed by atoms with van der Waals surface area (Å²) in [6.45, 7) is 0.0816. The normalized spacial score (nSPS) is 11.2. The molecule has 0 aromatic carbocycles. The van der Waals surface area contributed by atoms with Crippen molar-refractivity contribution in [3.63, 3.8) is 0 Å². The zero-order chi connectivity index (χ0) is 13.9. The minimum atomic E-state index is -3.31. The van der Waals surface area contributed by atoms with Crippen molar-refractivity contribution in [2.75, 3.05) is 19.8 Å². The summed E-state index contributed by atoms with van der Waals surface area (Å²) < 4.78 is 22.6. The second kappa shape index (κ2) is 5.49. The van der Waals surface area contributed by atoms with Crippen LogP contribution in [0.1, 0.15) is 16.8 Å². The van der Waals surface area contributed by atoms with Crippen molar-refractivity contribution in [3.05, 3.63) is 17.0 Å². The SMILES string of the molecule is CN(CCC(=O)O)C(=O)c1csc(S(C)(=O)=O)c1. The van der Waals surface area contributed by atoms with Gasteiger partial charge >= 0.3 is 5.97 Å². The van der Waals surface area contributed by atoms with Crippen LogP contribution in [0.15, 0.2) is 15.7 Å². The van der Waals surface area contributed by atoms with Crippen LogP contribution in [0.25, 0.3) is 0 Å². The lowest BCUT2D eigenvalue weighted by Gasteiger charge is -2.14. The van der Waals surface area contributed by atoms with Gasteiger partial charge in [-0.15, -0.1) is 11.3 Å². The maximum atomic E-state index is 11.8. The molecule has 1 aromatic rings. The van der Waals surface area contributed by atoms with Gasteiger partial charge in [-0.25, -0.2) is 8.42 Å². The van der Waals surface area contributed by atoms with E-state index in [0.29, 0.717) is 0 Å². The Balaban J connectivity index is 2.79. The minimum Gasteiger partial charge on any atom is -0.481 e. The van der Waals surface area contributed by atoms with Crippen molar-refractivity contribution in [2.45, 2.75) is 10.6 Å². The smallest absolute Gasteiger partial charge is 0.305 e. The maximum Gasteiger partial charge on any atom is 0.305 e. The highest BCUT2D eigenvalue weighted by molar-refractivity contribution is 7.92. The van der Waals surface area contributed by atoms with Gasteiger partial charge in [-0.3, -0.25) is 9.59 Å². The highest BCUT2D eigenvalue weighted by Crippen LogP contribution is 2.20. The number of sulfone groups is 1. The molecule has 1 amide bonds. The fraction of sp³-hybridized carbons (Fsp3) is 0.400. The molecule has 1 N–H and O–H groups in total. The third-order valence-electron chi connectivity index (χ3n) is 2.20. The highest BCUT2D eigenvalue weighted by Gasteiger charge is 2.17. The minimum absolute atomic E-state index is 0.0816. The molecule has 0 radical (unpaired) electrons. The predicted octanol–water partition coefficient (Wildman–Crippen LogP) is 0.698. The van der Waals surface area contributed by atoms with Crippen LogP contribution >= 0.6 is 11.3 Å². The van der Waals surface area contributed by atoms with Crippen LogP contribution in [0.2, 0.25) is 0 Å². The first-order chi connectivity index (χ1) is 8.21. The Morgan fingerprint density at radius 1 is 1.44 bits per heavy atom. The number of nitrogens with zero attached hydrogens (tertiary/aromatic N) is 1. The molecule has 0 aliphatic heterocycles. The Morgan fingerprint density at radius 2 is 2.06 bits per heavy atom. The van der Waals surface area contributed by atoms with Crippen LogP contribution < -0.4 is 0 Å². The number of aliphatic carboxylic acids is 1. The molecule has 0 aliphatic carbocycles. The lowest BCUT2D eigenvalue weighted by Crippen LogP contribution is -2.28. The summed E-state index contributed by atoms with van der Waals surface area (Å²) in [5, 5.41) is 9.96. The summed E-state index contributed by atoms with van der Waals surface area (Å²) in [6.07, 6.45) is 0.923. The third kappa shape index (κ3) is 3.81. The standard InChI is InChI=1S/C10H13NO5S2/c1-11(4-3-8(12)13)10(14)7-5-9(17-6-7)18(2,15)16/h5-6H,3-4H2,1-2H3,(H,12,13).